The van der Waals surface area contributed by atoms with Crippen molar-refractivity contribution in [3.05, 3.63) is 40.8 Å². The van der Waals surface area contributed by atoms with E-state index in [2.05, 4.69) is 5.32 Å². The second-order valence-electron chi connectivity index (χ2n) is 3.89. The van der Waals surface area contributed by atoms with E-state index in [9.17, 15) is 9.59 Å². The molecule has 1 N–H and O–H groups in total. The third-order valence-electron chi connectivity index (χ3n) is 2.61. The van der Waals surface area contributed by atoms with Crippen molar-refractivity contribution < 1.29 is 14.3 Å². The Morgan fingerprint density at radius 2 is 2.05 bits per heavy atom. The van der Waals surface area contributed by atoms with Gasteiger partial charge < -0.3 is 14.6 Å². The van der Waals surface area contributed by atoms with Crippen molar-refractivity contribution in [2.24, 2.45) is 0 Å². The van der Waals surface area contributed by atoms with Gasteiger partial charge in [0.2, 0.25) is 0 Å². The minimum Gasteiger partial charge on any atom is -0.448 e. The van der Waals surface area contributed by atoms with Gasteiger partial charge >= 0.3 is 5.97 Å². The number of hydrogen-bond donors (Lipinski definition) is 1. The summed E-state index contributed by atoms with van der Waals surface area (Å²) in [6.45, 7) is 1.54. The Labute approximate surface area is 114 Å². The van der Waals surface area contributed by atoms with E-state index in [0.717, 1.165) is 5.69 Å². The average molecular weight is 278 g/mol. The van der Waals surface area contributed by atoms with Crippen LogP contribution in [-0.2, 0) is 9.53 Å². The summed E-state index contributed by atoms with van der Waals surface area (Å²) in [5.41, 5.74) is 0.754. The second-order valence-corrected chi connectivity index (χ2v) is 4.80. The van der Waals surface area contributed by atoms with Gasteiger partial charge in [-0.25, -0.2) is 4.79 Å². The lowest BCUT2D eigenvalue weighted by Crippen LogP contribution is -2.33. The molecule has 0 saturated carbocycles. The minimum absolute atomic E-state index is 0.326. The number of esters is 1. The first-order valence-electron chi connectivity index (χ1n) is 5.77. The maximum absolute atomic E-state index is 12.0. The first kappa shape index (κ1) is 13.4. The van der Waals surface area contributed by atoms with Crippen LogP contribution in [0.25, 0.3) is 5.69 Å². The van der Waals surface area contributed by atoms with Gasteiger partial charge in [-0.05, 0) is 30.5 Å². The standard InChI is InChI=1S/C13H14N2O3S/c1-9(12(16)14-2)18-13(17)11-10(5-8-19-11)15-6-3-4-7-15/h3-9H,1-2H3,(H,14,16)/t9-/m1/s1. The van der Waals surface area contributed by atoms with Crippen LogP contribution in [0.15, 0.2) is 36.0 Å². The summed E-state index contributed by atoms with van der Waals surface area (Å²) in [6, 6.07) is 5.59. The molecule has 2 rings (SSSR count). The molecule has 0 unspecified atom stereocenters. The fraction of sp³-hybridized carbons (Fsp3) is 0.231. The molecule has 0 aliphatic rings. The van der Waals surface area contributed by atoms with Crippen LogP contribution in [0.2, 0.25) is 0 Å². The molecular formula is C13H14N2O3S. The van der Waals surface area contributed by atoms with Gasteiger partial charge in [0.15, 0.2) is 6.10 Å². The SMILES string of the molecule is CNC(=O)[C@@H](C)OC(=O)c1sccc1-n1cccc1. The van der Waals surface area contributed by atoms with Crippen molar-refractivity contribution in [2.75, 3.05) is 7.05 Å². The first-order chi connectivity index (χ1) is 9.13. The van der Waals surface area contributed by atoms with Gasteiger partial charge in [0.1, 0.15) is 4.88 Å². The molecule has 0 bridgehead atoms. The van der Waals surface area contributed by atoms with Gasteiger partial charge in [-0.1, -0.05) is 0 Å². The van der Waals surface area contributed by atoms with E-state index in [0.29, 0.717) is 4.88 Å². The van der Waals surface area contributed by atoms with Gasteiger partial charge in [-0.2, -0.15) is 0 Å². The van der Waals surface area contributed by atoms with Crippen LogP contribution in [0.5, 0.6) is 0 Å². The summed E-state index contributed by atoms with van der Waals surface area (Å²) < 4.78 is 6.96. The molecular weight excluding hydrogens is 264 g/mol. The van der Waals surface area contributed by atoms with E-state index in [4.69, 9.17) is 4.74 Å². The molecule has 5 nitrogen and oxygen atoms in total. The molecule has 0 saturated heterocycles. The molecule has 0 radical (unpaired) electrons. The molecule has 2 heterocycles. The van der Waals surface area contributed by atoms with Gasteiger partial charge in [0.05, 0.1) is 5.69 Å². The normalized spacial score (nSPS) is 11.9. The molecule has 6 heteroatoms. The highest BCUT2D eigenvalue weighted by Crippen LogP contribution is 2.22. The van der Waals surface area contributed by atoms with E-state index in [1.165, 1.54) is 18.4 Å². The molecule has 100 valence electrons. The number of carbonyl (C=O) groups excluding carboxylic acids is 2. The van der Waals surface area contributed by atoms with Gasteiger partial charge in [-0.15, -0.1) is 11.3 Å². The van der Waals surface area contributed by atoms with Crippen LogP contribution in [-0.4, -0.2) is 29.6 Å². The van der Waals surface area contributed by atoms with E-state index >= 15 is 0 Å². The second kappa shape index (κ2) is 5.71. The Balaban J connectivity index is 2.17. The van der Waals surface area contributed by atoms with Crippen molar-refractivity contribution >= 4 is 23.2 Å². The number of aromatic nitrogens is 1. The van der Waals surface area contributed by atoms with Crippen molar-refractivity contribution in [2.45, 2.75) is 13.0 Å². The summed E-state index contributed by atoms with van der Waals surface area (Å²) in [6.07, 6.45) is 2.89. The summed E-state index contributed by atoms with van der Waals surface area (Å²) in [5.74, 6) is -0.817. The van der Waals surface area contributed by atoms with E-state index < -0.39 is 12.1 Å². The lowest BCUT2D eigenvalue weighted by atomic mass is 10.3. The number of amides is 1. The number of hydrogen-bond acceptors (Lipinski definition) is 4. The predicted molar refractivity (Wildman–Crippen MR) is 72.6 cm³/mol. The van der Waals surface area contributed by atoms with Gasteiger partial charge in [0.25, 0.3) is 5.91 Å². The van der Waals surface area contributed by atoms with Crippen LogP contribution in [0.4, 0.5) is 0 Å². The Bertz CT molecular complexity index is 574. The van der Waals surface area contributed by atoms with Crippen LogP contribution < -0.4 is 5.32 Å². The Kier molecular flexibility index (Phi) is 4.01. The third kappa shape index (κ3) is 2.85. The van der Waals surface area contributed by atoms with Crippen molar-refractivity contribution in [3.8, 4) is 5.69 Å². The number of ether oxygens (including phenoxy) is 1. The molecule has 0 spiro atoms. The zero-order valence-electron chi connectivity index (χ0n) is 10.6. The van der Waals surface area contributed by atoms with Gasteiger partial charge in [0, 0.05) is 19.4 Å². The molecule has 1 amide bonds. The summed E-state index contributed by atoms with van der Waals surface area (Å²) in [7, 11) is 1.50. The van der Waals surface area contributed by atoms with E-state index in [1.54, 1.807) is 6.92 Å². The molecule has 19 heavy (non-hydrogen) atoms. The molecule has 0 aromatic carbocycles. The topological polar surface area (TPSA) is 60.3 Å². The molecule has 1 atom stereocenters. The lowest BCUT2D eigenvalue weighted by Gasteiger charge is -2.11. The van der Waals surface area contributed by atoms with Crippen LogP contribution in [0, 0.1) is 0 Å². The monoisotopic (exact) mass is 278 g/mol. The zero-order valence-corrected chi connectivity index (χ0v) is 11.4. The van der Waals surface area contributed by atoms with E-state index in [-0.39, 0.29) is 5.91 Å². The maximum Gasteiger partial charge on any atom is 0.351 e. The van der Waals surface area contributed by atoms with Gasteiger partial charge in [-0.3, -0.25) is 4.79 Å². The van der Waals surface area contributed by atoms with Crippen molar-refractivity contribution in [3.63, 3.8) is 0 Å². The predicted octanol–water partition coefficient (Wildman–Crippen LogP) is 1.83. The zero-order chi connectivity index (χ0) is 13.8. The largest absolute Gasteiger partial charge is 0.448 e. The van der Waals surface area contributed by atoms with Crippen molar-refractivity contribution in [1.29, 1.82) is 0 Å². The smallest absolute Gasteiger partial charge is 0.351 e. The highest BCUT2D eigenvalue weighted by atomic mass is 32.1. The summed E-state index contributed by atoms with van der Waals surface area (Å²) in [4.78, 5) is 23.9. The summed E-state index contributed by atoms with van der Waals surface area (Å²) >= 11 is 1.29. The average Bonchev–Trinajstić information content (AvgIpc) is 3.06. The van der Waals surface area contributed by atoms with Crippen LogP contribution in [0.1, 0.15) is 16.6 Å². The fourth-order valence-electron chi connectivity index (χ4n) is 1.62. The molecule has 0 aliphatic heterocycles. The Hall–Kier alpha value is -2.08. The third-order valence-corrected chi connectivity index (χ3v) is 3.50. The number of likely N-dealkylation sites (N-methyl/N-ethyl adjacent to an activating group) is 1. The lowest BCUT2D eigenvalue weighted by molar-refractivity contribution is -0.128. The molecule has 2 aromatic heterocycles. The highest BCUT2D eigenvalue weighted by Gasteiger charge is 2.21. The highest BCUT2D eigenvalue weighted by molar-refractivity contribution is 7.12. The summed E-state index contributed by atoms with van der Waals surface area (Å²) in [5, 5.41) is 4.26. The number of thiophene rings is 1. The maximum atomic E-state index is 12.0. The Morgan fingerprint density at radius 1 is 1.37 bits per heavy atom. The number of carbonyl (C=O) groups is 2. The number of nitrogens with one attached hydrogen (secondary N) is 1. The van der Waals surface area contributed by atoms with E-state index in [1.807, 2.05) is 40.5 Å². The molecule has 2 aromatic rings. The minimum atomic E-state index is -0.808. The first-order valence-corrected chi connectivity index (χ1v) is 6.65. The molecule has 0 fully saturated rings. The quantitative estimate of drug-likeness (QED) is 0.868. The molecule has 0 aliphatic carbocycles. The van der Waals surface area contributed by atoms with Crippen LogP contribution >= 0.6 is 11.3 Å². The van der Waals surface area contributed by atoms with Crippen LogP contribution in [0.3, 0.4) is 0 Å². The fourth-order valence-corrected chi connectivity index (χ4v) is 2.40. The Morgan fingerprint density at radius 3 is 2.68 bits per heavy atom. The number of nitrogens with zero attached hydrogens (tertiary/aromatic N) is 1. The van der Waals surface area contributed by atoms with Crippen molar-refractivity contribution in [1.82, 2.24) is 9.88 Å². The number of rotatable bonds is 4.